The van der Waals surface area contributed by atoms with Crippen molar-refractivity contribution >= 4 is 32.5 Å². The van der Waals surface area contributed by atoms with Gasteiger partial charge in [-0.05, 0) is 55.3 Å². The van der Waals surface area contributed by atoms with Crippen molar-refractivity contribution in [1.82, 2.24) is 24.5 Å². The molecule has 0 aliphatic rings. The molecule has 0 aliphatic carbocycles. The molecule has 0 aliphatic heterocycles. The van der Waals surface area contributed by atoms with Crippen LogP contribution in [0.15, 0.2) is 53.0 Å². The molecule has 0 saturated carbocycles. The molecular weight excluding hydrogens is 508 g/mol. The summed E-state index contributed by atoms with van der Waals surface area (Å²) in [5, 5.41) is 5.58. The number of thiophene rings is 1. The Balaban J connectivity index is 1.54. The summed E-state index contributed by atoms with van der Waals surface area (Å²) in [6, 6.07) is 11.1. The van der Waals surface area contributed by atoms with Crippen molar-refractivity contribution in [3.63, 3.8) is 0 Å². The third-order valence-electron chi connectivity index (χ3n) is 6.05. The smallest absolute Gasteiger partial charge is 0.248 e. The van der Waals surface area contributed by atoms with Crippen LogP contribution in [0.3, 0.4) is 0 Å². The molecule has 190 valence electrons. The molecule has 0 spiro atoms. The second-order valence-corrected chi connectivity index (χ2v) is 11.5. The van der Waals surface area contributed by atoms with E-state index in [9.17, 15) is 8.42 Å². The first-order valence-corrected chi connectivity index (χ1v) is 14.0. The molecule has 0 aromatic carbocycles. The number of aryl methyl sites for hydroxylation is 3. The molecule has 0 atom stereocenters. The molecule has 0 bridgehead atoms. The van der Waals surface area contributed by atoms with Crippen LogP contribution < -0.4 is 9.88 Å². The van der Waals surface area contributed by atoms with Gasteiger partial charge >= 0.3 is 0 Å². The second-order valence-electron chi connectivity index (χ2n) is 8.69. The fourth-order valence-corrected chi connectivity index (χ4v) is 6.50. The average molecular weight is 535 g/mol. The topological polar surface area (TPSA) is 126 Å². The number of aromatic nitrogens is 5. The van der Waals surface area contributed by atoms with E-state index in [1.165, 1.54) is 7.11 Å². The van der Waals surface area contributed by atoms with E-state index >= 15 is 0 Å². The number of fused-ring (bicyclic) bond motifs is 1. The first-order valence-electron chi connectivity index (χ1n) is 11.6. The number of pyridine rings is 3. The number of sulfonamides is 1. The van der Waals surface area contributed by atoms with Crippen molar-refractivity contribution in [1.29, 1.82) is 0 Å². The minimum atomic E-state index is -3.98. The lowest BCUT2D eigenvalue weighted by Gasteiger charge is -2.09. The number of ether oxygens (including phenoxy) is 1. The van der Waals surface area contributed by atoms with Gasteiger partial charge in [0.1, 0.15) is 15.6 Å². The summed E-state index contributed by atoms with van der Waals surface area (Å²) >= 11 is 1.07. The van der Waals surface area contributed by atoms with Gasteiger partial charge in [-0.1, -0.05) is 13.0 Å². The average Bonchev–Trinajstić information content (AvgIpc) is 3.47. The zero-order chi connectivity index (χ0) is 26.3. The third-order valence-corrected chi connectivity index (χ3v) is 8.69. The maximum atomic E-state index is 12.5. The summed E-state index contributed by atoms with van der Waals surface area (Å²) in [5.74, 6) is 1.35. The summed E-state index contributed by atoms with van der Waals surface area (Å²) in [7, 11) is -2.46. The molecule has 0 unspecified atom stereocenters. The van der Waals surface area contributed by atoms with Gasteiger partial charge in [-0.25, -0.2) is 28.5 Å². The first-order chi connectivity index (χ1) is 17.7. The number of nitrogens with two attached hydrogens (primary N) is 1. The Morgan fingerprint density at radius 1 is 1.08 bits per heavy atom. The SMILES string of the molecule is CCc1nc2c(C)cc(C)nc2n1Cc1ccc(-c2cc(-c3cccnc3OC)sc2S(N)(=O)=O)nc1. The van der Waals surface area contributed by atoms with E-state index in [1.54, 1.807) is 24.5 Å². The Hall–Kier alpha value is -3.67. The second kappa shape index (κ2) is 9.66. The van der Waals surface area contributed by atoms with Crippen LogP contribution in [0, 0.1) is 13.8 Å². The Morgan fingerprint density at radius 2 is 1.89 bits per heavy atom. The van der Waals surface area contributed by atoms with Crippen molar-refractivity contribution in [2.24, 2.45) is 5.14 Å². The fourth-order valence-electron chi connectivity index (χ4n) is 4.38. The highest BCUT2D eigenvalue weighted by atomic mass is 32.2. The summed E-state index contributed by atoms with van der Waals surface area (Å²) < 4.78 is 32.4. The molecule has 0 radical (unpaired) electrons. The molecular formula is C26H26N6O3S2. The van der Waals surface area contributed by atoms with Gasteiger partial charge in [0.15, 0.2) is 5.65 Å². The van der Waals surface area contributed by atoms with E-state index in [-0.39, 0.29) is 4.21 Å². The highest BCUT2D eigenvalue weighted by Gasteiger charge is 2.23. The van der Waals surface area contributed by atoms with Crippen molar-refractivity contribution < 1.29 is 13.2 Å². The van der Waals surface area contributed by atoms with E-state index in [4.69, 9.17) is 19.8 Å². The van der Waals surface area contributed by atoms with Crippen molar-refractivity contribution in [3.8, 4) is 27.6 Å². The number of imidazole rings is 1. The largest absolute Gasteiger partial charge is 0.481 e. The van der Waals surface area contributed by atoms with Crippen LogP contribution in [0.25, 0.3) is 32.9 Å². The van der Waals surface area contributed by atoms with E-state index in [0.717, 1.165) is 51.6 Å². The third kappa shape index (κ3) is 4.73. The maximum absolute atomic E-state index is 12.5. The molecule has 5 rings (SSSR count). The normalized spacial score (nSPS) is 11.8. The standard InChI is InChI=1S/C26H26N6O3S2/c1-5-22-31-23-15(2)11-16(3)30-24(23)32(22)14-17-8-9-20(29-13-17)19-12-21(36-26(19)37(27,33)34)18-7-6-10-28-25(18)35-4/h6-13H,5,14H2,1-4H3,(H2,27,33,34). The predicted molar refractivity (Wildman–Crippen MR) is 144 cm³/mol. The summed E-state index contributed by atoms with van der Waals surface area (Å²) in [6.45, 7) is 6.64. The van der Waals surface area contributed by atoms with Gasteiger partial charge in [0, 0.05) is 34.9 Å². The number of hydrogen-bond acceptors (Lipinski definition) is 8. The monoisotopic (exact) mass is 534 g/mol. The van der Waals surface area contributed by atoms with E-state index in [0.29, 0.717) is 34.1 Å². The minimum absolute atomic E-state index is 0.0395. The Bertz CT molecular complexity index is 1720. The predicted octanol–water partition coefficient (Wildman–Crippen LogP) is 4.50. The lowest BCUT2D eigenvalue weighted by molar-refractivity contribution is 0.400. The van der Waals surface area contributed by atoms with E-state index < -0.39 is 10.0 Å². The van der Waals surface area contributed by atoms with Gasteiger partial charge < -0.3 is 9.30 Å². The van der Waals surface area contributed by atoms with Crippen molar-refractivity contribution in [2.45, 2.75) is 37.9 Å². The highest BCUT2D eigenvalue weighted by Crippen LogP contribution is 2.41. The zero-order valence-corrected chi connectivity index (χ0v) is 22.5. The molecule has 0 saturated heterocycles. The van der Waals surface area contributed by atoms with E-state index in [2.05, 4.69) is 21.5 Å². The van der Waals surface area contributed by atoms with Gasteiger partial charge in [-0.3, -0.25) is 4.98 Å². The van der Waals surface area contributed by atoms with Crippen LogP contribution in [0.1, 0.15) is 29.6 Å². The molecule has 37 heavy (non-hydrogen) atoms. The molecule has 0 amide bonds. The van der Waals surface area contributed by atoms with E-state index in [1.807, 2.05) is 38.1 Å². The number of hydrogen-bond donors (Lipinski definition) is 1. The van der Waals surface area contributed by atoms with Crippen LogP contribution in [-0.4, -0.2) is 40.0 Å². The lowest BCUT2D eigenvalue weighted by Crippen LogP contribution is -2.11. The maximum Gasteiger partial charge on any atom is 0.248 e. The molecule has 5 heterocycles. The first kappa shape index (κ1) is 25.0. The van der Waals surface area contributed by atoms with Gasteiger partial charge in [-0.15, -0.1) is 11.3 Å². The fraction of sp³-hybridized carbons (Fsp3) is 0.231. The van der Waals surface area contributed by atoms with Crippen LogP contribution >= 0.6 is 11.3 Å². The van der Waals surface area contributed by atoms with Gasteiger partial charge in [0.25, 0.3) is 0 Å². The van der Waals surface area contributed by atoms with Gasteiger partial charge in [-0.2, -0.15) is 0 Å². The van der Waals surface area contributed by atoms with Gasteiger partial charge in [0.2, 0.25) is 15.9 Å². The summed E-state index contributed by atoms with van der Waals surface area (Å²) in [4.78, 5) is 19.0. The van der Waals surface area contributed by atoms with Crippen molar-refractivity contribution in [2.75, 3.05) is 7.11 Å². The number of methoxy groups -OCH3 is 1. The van der Waals surface area contributed by atoms with Crippen LogP contribution in [-0.2, 0) is 23.0 Å². The number of nitrogens with zero attached hydrogens (tertiary/aromatic N) is 5. The van der Waals surface area contributed by atoms with Crippen LogP contribution in [0.4, 0.5) is 0 Å². The number of rotatable bonds is 7. The highest BCUT2D eigenvalue weighted by molar-refractivity contribution is 7.91. The Kier molecular flexibility index (Phi) is 6.52. The molecule has 2 N–H and O–H groups in total. The summed E-state index contributed by atoms with van der Waals surface area (Å²) in [6.07, 6.45) is 4.13. The Labute approximate surface area is 219 Å². The minimum Gasteiger partial charge on any atom is -0.481 e. The summed E-state index contributed by atoms with van der Waals surface area (Å²) in [5.41, 5.74) is 6.36. The molecule has 9 nitrogen and oxygen atoms in total. The lowest BCUT2D eigenvalue weighted by atomic mass is 10.1. The van der Waals surface area contributed by atoms with Crippen molar-refractivity contribution in [3.05, 3.63) is 71.4 Å². The number of primary sulfonamides is 1. The molecule has 0 fully saturated rings. The zero-order valence-electron chi connectivity index (χ0n) is 20.9. The van der Waals surface area contributed by atoms with Gasteiger partial charge in [0.05, 0.1) is 24.9 Å². The Morgan fingerprint density at radius 3 is 2.57 bits per heavy atom. The molecule has 11 heteroatoms. The molecule has 5 aromatic rings. The van der Waals surface area contributed by atoms with Crippen LogP contribution in [0.5, 0.6) is 5.88 Å². The molecule has 5 aromatic heterocycles. The van der Waals surface area contributed by atoms with Crippen LogP contribution in [0.2, 0.25) is 0 Å². The quantitative estimate of drug-likeness (QED) is 0.326.